The highest BCUT2D eigenvalue weighted by Crippen LogP contribution is 2.39. The Kier molecular flexibility index (Phi) is 9.31. The maximum atomic E-state index is 13.8. The second kappa shape index (κ2) is 13.5. The number of nitro groups is 1. The van der Waals surface area contributed by atoms with Crippen LogP contribution in [0.2, 0.25) is 0 Å². The third-order valence-corrected chi connectivity index (χ3v) is 7.57. The van der Waals surface area contributed by atoms with Crippen LogP contribution in [-0.2, 0) is 6.61 Å². The lowest BCUT2D eigenvalue weighted by Crippen LogP contribution is -2.21. The Balaban J connectivity index is 1.60. The third-order valence-electron chi connectivity index (χ3n) is 7.57. The molecule has 0 aliphatic carbocycles. The molecular weight excluding hydrogens is 604 g/mol. The van der Waals surface area contributed by atoms with Crippen molar-refractivity contribution < 1.29 is 29.0 Å². The summed E-state index contributed by atoms with van der Waals surface area (Å²) in [4.78, 5) is 41.3. The van der Waals surface area contributed by atoms with E-state index < -0.39 is 16.5 Å². The quantitative estimate of drug-likeness (QED) is 0.0961. The van der Waals surface area contributed by atoms with Gasteiger partial charge in [0.1, 0.15) is 12.4 Å². The molecular formula is C35H32N4O8. The summed E-state index contributed by atoms with van der Waals surface area (Å²) in [6, 6.07) is 19.5. The van der Waals surface area contributed by atoms with Crippen LogP contribution in [-0.4, -0.2) is 46.1 Å². The first-order valence-corrected chi connectivity index (χ1v) is 14.6. The van der Waals surface area contributed by atoms with Gasteiger partial charge in [0.2, 0.25) is 5.75 Å². The van der Waals surface area contributed by atoms with Gasteiger partial charge in [0.15, 0.2) is 11.6 Å². The second-order valence-electron chi connectivity index (χ2n) is 11.0. The number of benzene rings is 4. The first-order valence-electron chi connectivity index (χ1n) is 14.6. The number of nitro benzene ring substituents is 1. The van der Waals surface area contributed by atoms with Gasteiger partial charge in [-0.2, -0.15) is 9.78 Å². The largest absolute Gasteiger partial charge is 0.496 e. The van der Waals surface area contributed by atoms with Gasteiger partial charge in [-0.3, -0.25) is 14.9 Å². The number of carbonyl (C=O) groups is 1. The Hall–Kier alpha value is -6.04. The molecule has 12 heteroatoms. The van der Waals surface area contributed by atoms with E-state index in [1.807, 2.05) is 32.9 Å². The maximum Gasteiger partial charge on any atom is 0.335 e. The van der Waals surface area contributed by atoms with E-state index in [1.54, 1.807) is 43.5 Å². The third kappa shape index (κ3) is 6.66. The van der Waals surface area contributed by atoms with Crippen molar-refractivity contribution in [2.75, 3.05) is 14.2 Å². The number of para-hydroxylation sites is 1. The average Bonchev–Trinajstić information content (AvgIpc) is 3.06. The van der Waals surface area contributed by atoms with Crippen molar-refractivity contribution in [3.8, 4) is 28.6 Å². The van der Waals surface area contributed by atoms with Crippen LogP contribution in [0.1, 0.15) is 52.4 Å². The highest BCUT2D eigenvalue weighted by atomic mass is 16.6. The van der Waals surface area contributed by atoms with Gasteiger partial charge in [0.05, 0.1) is 41.8 Å². The zero-order valence-corrected chi connectivity index (χ0v) is 26.4. The highest BCUT2D eigenvalue weighted by molar-refractivity contribution is 5.87. The molecule has 5 rings (SSSR count). The number of rotatable bonds is 11. The molecule has 0 amide bonds. The van der Waals surface area contributed by atoms with Crippen molar-refractivity contribution in [1.82, 2.24) is 9.66 Å². The van der Waals surface area contributed by atoms with E-state index in [0.29, 0.717) is 27.9 Å². The molecule has 0 aliphatic rings. The molecule has 0 saturated heterocycles. The van der Waals surface area contributed by atoms with Gasteiger partial charge in [0.25, 0.3) is 5.56 Å². The molecule has 0 unspecified atom stereocenters. The number of carboxylic acids is 1. The van der Waals surface area contributed by atoms with E-state index in [-0.39, 0.29) is 40.8 Å². The number of aryl methyl sites for hydroxylation is 1. The zero-order chi connectivity index (χ0) is 33.8. The molecule has 0 saturated carbocycles. The molecule has 0 fully saturated rings. The molecule has 5 aromatic rings. The fourth-order valence-corrected chi connectivity index (χ4v) is 5.11. The van der Waals surface area contributed by atoms with Crippen LogP contribution in [0, 0.1) is 17.0 Å². The standard InChI is InChI=1S/C35H32N4O8/c1-20(2)26-17-27(21(3)14-30(26)45-4)33-37-28-9-7-6-8-25(28)34(40)38(33)36-18-23-15-29(39(43)44)32(31(16-23)46-5)47-19-22-10-12-24(13-11-22)35(41)42/h6-18,20H,19H2,1-5H3,(H,41,42). The number of hydrogen-bond acceptors (Lipinski definition) is 9. The summed E-state index contributed by atoms with van der Waals surface area (Å²) in [5, 5.41) is 26.1. The molecule has 1 N–H and O–H groups in total. The summed E-state index contributed by atoms with van der Waals surface area (Å²) in [7, 11) is 2.96. The van der Waals surface area contributed by atoms with Crippen LogP contribution >= 0.6 is 0 Å². The number of carboxylic acid groups (broad SMARTS) is 1. The SMILES string of the molecule is COc1cc(C)c(-c2nc3ccccc3c(=O)n2N=Cc2cc(OC)c(OCc3ccc(C(=O)O)cc3)c([N+](=O)[O-])c2)cc1C(C)C. The number of methoxy groups -OCH3 is 2. The summed E-state index contributed by atoms with van der Waals surface area (Å²) < 4.78 is 18.0. The smallest absolute Gasteiger partial charge is 0.335 e. The molecule has 0 aliphatic heterocycles. The number of hydrogen-bond donors (Lipinski definition) is 1. The molecule has 4 aromatic carbocycles. The van der Waals surface area contributed by atoms with E-state index in [9.17, 15) is 19.7 Å². The van der Waals surface area contributed by atoms with Crippen LogP contribution < -0.4 is 19.8 Å². The molecule has 12 nitrogen and oxygen atoms in total. The van der Waals surface area contributed by atoms with E-state index in [1.165, 1.54) is 42.3 Å². The van der Waals surface area contributed by atoms with E-state index in [2.05, 4.69) is 5.10 Å². The Morgan fingerprint density at radius 3 is 2.38 bits per heavy atom. The van der Waals surface area contributed by atoms with Gasteiger partial charge in [0, 0.05) is 17.2 Å². The summed E-state index contributed by atoms with van der Waals surface area (Å²) in [5.41, 5.74) is 3.09. The first-order chi connectivity index (χ1) is 22.5. The van der Waals surface area contributed by atoms with Crippen molar-refractivity contribution in [3.05, 3.63) is 121 Å². The van der Waals surface area contributed by atoms with Gasteiger partial charge in [-0.15, -0.1) is 0 Å². The topological polar surface area (TPSA) is 155 Å². The van der Waals surface area contributed by atoms with Crippen LogP contribution in [0.3, 0.4) is 0 Å². The van der Waals surface area contributed by atoms with Crippen LogP contribution in [0.15, 0.2) is 82.7 Å². The number of fused-ring (bicyclic) bond motifs is 1. The lowest BCUT2D eigenvalue weighted by molar-refractivity contribution is -0.386. The van der Waals surface area contributed by atoms with Crippen molar-refractivity contribution in [2.24, 2.45) is 5.10 Å². The van der Waals surface area contributed by atoms with E-state index >= 15 is 0 Å². The second-order valence-corrected chi connectivity index (χ2v) is 11.0. The molecule has 0 atom stereocenters. The fourth-order valence-electron chi connectivity index (χ4n) is 5.11. The summed E-state index contributed by atoms with van der Waals surface area (Å²) in [6.07, 6.45) is 1.33. The normalized spacial score (nSPS) is 11.3. The number of nitrogens with zero attached hydrogens (tertiary/aromatic N) is 4. The van der Waals surface area contributed by atoms with E-state index in [0.717, 1.165) is 16.9 Å². The lowest BCUT2D eigenvalue weighted by Gasteiger charge is -2.17. The summed E-state index contributed by atoms with van der Waals surface area (Å²) >= 11 is 0. The number of aromatic carboxylic acids is 1. The van der Waals surface area contributed by atoms with Crippen LogP contribution in [0.5, 0.6) is 17.2 Å². The molecule has 1 aromatic heterocycles. The highest BCUT2D eigenvalue weighted by Gasteiger charge is 2.23. The van der Waals surface area contributed by atoms with Gasteiger partial charge >= 0.3 is 11.7 Å². The van der Waals surface area contributed by atoms with Crippen molar-refractivity contribution in [2.45, 2.75) is 33.3 Å². The monoisotopic (exact) mass is 636 g/mol. The fraction of sp³-hybridized carbons (Fsp3) is 0.200. The molecule has 47 heavy (non-hydrogen) atoms. The van der Waals surface area contributed by atoms with Crippen molar-refractivity contribution in [1.29, 1.82) is 0 Å². The zero-order valence-electron chi connectivity index (χ0n) is 26.4. The minimum atomic E-state index is -1.07. The van der Waals surface area contributed by atoms with Gasteiger partial charge in [-0.1, -0.05) is 38.1 Å². The summed E-state index contributed by atoms with van der Waals surface area (Å²) in [5.74, 6) is 0.0178. The Morgan fingerprint density at radius 2 is 1.74 bits per heavy atom. The Bertz CT molecular complexity index is 2090. The lowest BCUT2D eigenvalue weighted by atomic mass is 9.96. The van der Waals surface area contributed by atoms with Gasteiger partial charge < -0.3 is 19.3 Å². The Labute approximate surface area is 269 Å². The molecule has 0 bridgehead atoms. The van der Waals surface area contributed by atoms with Gasteiger partial charge in [-0.05, 0) is 72.0 Å². The predicted octanol–water partition coefficient (Wildman–Crippen LogP) is 6.58. The predicted molar refractivity (Wildman–Crippen MR) is 177 cm³/mol. The Morgan fingerprint density at radius 1 is 1.04 bits per heavy atom. The van der Waals surface area contributed by atoms with Crippen LogP contribution in [0.4, 0.5) is 5.69 Å². The molecule has 0 spiro atoms. The minimum Gasteiger partial charge on any atom is -0.496 e. The maximum absolute atomic E-state index is 13.8. The van der Waals surface area contributed by atoms with Crippen LogP contribution in [0.25, 0.3) is 22.3 Å². The number of aromatic nitrogens is 2. The minimum absolute atomic E-state index is 0.0691. The number of ether oxygens (including phenoxy) is 3. The van der Waals surface area contributed by atoms with E-state index in [4.69, 9.17) is 24.3 Å². The average molecular weight is 637 g/mol. The van der Waals surface area contributed by atoms with Gasteiger partial charge in [-0.25, -0.2) is 9.78 Å². The molecule has 1 heterocycles. The molecule has 0 radical (unpaired) electrons. The summed E-state index contributed by atoms with van der Waals surface area (Å²) in [6.45, 7) is 5.90. The van der Waals surface area contributed by atoms with Crippen molar-refractivity contribution in [3.63, 3.8) is 0 Å². The van der Waals surface area contributed by atoms with Crippen molar-refractivity contribution >= 4 is 28.8 Å². The first kappa shape index (κ1) is 32.4. The molecule has 240 valence electrons.